The van der Waals surface area contributed by atoms with Crippen LogP contribution in [-0.4, -0.2) is 31.1 Å². The summed E-state index contributed by atoms with van der Waals surface area (Å²) in [5.41, 5.74) is 1.18. The fourth-order valence-electron chi connectivity index (χ4n) is 3.04. The van der Waals surface area contributed by atoms with E-state index in [9.17, 15) is 9.59 Å². The summed E-state index contributed by atoms with van der Waals surface area (Å²) < 4.78 is 10.6. The van der Waals surface area contributed by atoms with Crippen molar-refractivity contribution in [3.63, 3.8) is 0 Å². The number of hydrogen-bond donors (Lipinski definition) is 1. The molecule has 138 valence electrons. The Morgan fingerprint density at radius 1 is 1.16 bits per heavy atom. The Morgan fingerprint density at radius 2 is 1.88 bits per heavy atom. The highest BCUT2D eigenvalue weighted by molar-refractivity contribution is 5.80. The van der Waals surface area contributed by atoms with Crippen LogP contribution in [0.3, 0.4) is 0 Å². The predicted molar refractivity (Wildman–Crippen MR) is 96.4 cm³/mol. The summed E-state index contributed by atoms with van der Waals surface area (Å²) in [6.45, 7) is 4.43. The fourth-order valence-corrected chi connectivity index (χ4v) is 3.04. The first-order valence-corrected chi connectivity index (χ1v) is 9.19. The van der Waals surface area contributed by atoms with Gasteiger partial charge in [-0.05, 0) is 44.2 Å². The molecule has 5 nitrogen and oxygen atoms in total. The molecular formula is C20H29NO4. The van der Waals surface area contributed by atoms with Crippen molar-refractivity contribution >= 4 is 11.9 Å². The standard InChI is InChI=1S/C20H29NO4/c1-15-9-11-17(12-10-15)24-13-5-8-20(23)25-14-19(22)21-18-7-4-3-6-16(18)2/h9-12,16,18H,3-8,13-14H2,1-2H3,(H,21,22)/t16-,18+/m1/s1. The van der Waals surface area contributed by atoms with E-state index in [1.54, 1.807) is 0 Å². The number of hydrogen-bond acceptors (Lipinski definition) is 4. The van der Waals surface area contributed by atoms with Gasteiger partial charge in [-0.3, -0.25) is 9.59 Å². The Morgan fingerprint density at radius 3 is 2.60 bits per heavy atom. The van der Waals surface area contributed by atoms with Crippen molar-refractivity contribution < 1.29 is 19.1 Å². The number of amides is 1. The van der Waals surface area contributed by atoms with E-state index < -0.39 is 0 Å². The molecule has 1 amide bonds. The van der Waals surface area contributed by atoms with Gasteiger partial charge in [0.2, 0.25) is 0 Å². The minimum atomic E-state index is -0.362. The molecular weight excluding hydrogens is 318 g/mol. The molecule has 1 N–H and O–H groups in total. The van der Waals surface area contributed by atoms with Crippen LogP contribution in [0.15, 0.2) is 24.3 Å². The average Bonchev–Trinajstić information content (AvgIpc) is 2.60. The topological polar surface area (TPSA) is 64.6 Å². The van der Waals surface area contributed by atoms with E-state index in [0.717, 1.165) is 25.0 Å². The minimum Gasteiger partial charge on any atom is -0.494 e. The van der Waals surface area contributed by atoms with Gasteiger partial charge < -0.3 is 14.8 Å². The Bertz CT molecular complexity index is 555. The minimum absolute atomic E-state index is 0.194. The van der Waals surface area contributed by atoms with Gasteiger partial charge in [-0.15, -0.1) is 0 Å². The second-order valence-electron chi connectivity index (χ2n) is 6.86. The molecule has 0 radical (unpaired) electrons. The highest BCUT2D eigenvalue weighted by Gasteiger charge is 2.23. The molecule has 0 bridgehead atoms. The van der Waals surface area contributed by atoms with Crippen molar-refractivity contribution in [2.24, 2.45) is 5.92 Å². The van der Waals surface area contributed by atoms with Crippen LogP contribution in [-0.2, 0) is 14.3 Å². The highest BCUT2D eigenvalue weighted by atomic mass is 16.5. The maximum atomic E-state index is 11.9. The molecule has 25 heavy (non-hydrogen) atoms. The zero-order valence-electron chi connectivity index (χ0n) is 15.3. The van der Waals surface area contributed by atoms with E-state index in [1.165, 1.54) is 12.0 Å². The molecule has 1 aliphatic carbocycles. The van der Waals surface area contributed by atoms with Crippen molar-refractivity contribution in [2.45, 2.75) is 58.4 Å². The Hall–Kier alpha value is -2.04. The highest BCUT2D eigenvalue weighted by Crippen LogP contribution is 2.23. The summed E-state index contributed by atoms with van der Waals surface area (Å²) in [4.78, 5) is 23.6. The van der Waals surface area contributed by atoms with E-state index in [4.69, 9.17) is 9.47 Å². The molecule has 0 saturated heterocycles. The maximum Gasteiger partial charge on any atom is 0.306 e. The molecule has 0 heterocycles. The summed E-state index contributed by atoms with van der Waals surface area (Å²) in [6.07, 6.45) is 5.35. The molecule has 0 spiro atoms. The number of benzene rings is 1. The lowest BCUT2D eigenvalue weighted by Gasteiger charge is -2.29. The van der Waals surface area contributed by atoms with Gasteiger partial charge in [0.05, 0.1) is 6.61 Å². The zero-order valence-corrected chi connectivity index (χ0v) is 15.3. The van der Waals surface area contributed by atoms with Gasteiger partial charge in [0.1, 0.15) is 5.75 Å². The molecule has 0 unspecified atom stereocenters. The van der Waals surface area contributed by atoms with E-state index in [2.05, 4.69) is 12.2 Å². The Balaban J connectivity index is 1.55. The fraction of sp³-hybridized carbons (Fsp3) is 0.600. The first-order chi connectivity index (χ1) is 12.0. The van der Waals surface area contributed by atoms with Gasteiger partial charge in [0.25, 0.3) is 5.91 Å². The molecule has 2 atom stereocenters. The van der Waals surface area contributed by atoms with Crippen LogP contribution in [0.2, 0.25) is 0 Å². The molecule has 1 aromatic rings. The molecule has 0 aliphatic heterocycles. The van der Waals surface area contributed by atoms with Crippen molar-refractivity contribution in [3.8, 4) is 5.75 Å². The van der Waals surface area contributed by atoms with Crippen LogP contribution in [0.5, 0.6) is 5.75 Å². The third kappa shape index (κ3) is 7.16. The number of carbonyl (C=O) groups is 2. The van der Waals surface area contributed by atoms with E-state index in [1.807, 2.05) is 31.2 Å². The first kappa shape index (κ1) is 19.3. The Kier molecular flexibility index (Phi) is 7.76. The van der Waals surface area contributed by atoms with Gasteiger partial charge >= 0.3 is 5.97 Å². The lowest BCUT2D eigenvalue weighted by Crippen LogP contribution is -2.42. The number of carbonyl (C=O) groups excluding carboxylic acids is 2. The van der Waals surface area contributed by atoms with Gasteiger partial charge in [-0.2, -0.15) is 0 Å². The summed E-state index contributed by atoms with van der Waals surface area (Å²) >= 11 is 0. The van der Waals surface area contributed by atoms with Crippen molar-refractivity contribution in [2.75, 3.05) is 13.2 Å². The van der Waals surface area contributed by atoms with Crippen molar-refractivity contribution in [1.29, 1.82) is 0 Å². The molecule has 1 aromatic carbocycles. The zero-order chi connectivity index (χ0) is 18.1. The average molecular weight is 347 g/mol. The van der Waals surface area contributed by atoms with Crippen LogP contribution in [0.1, 0.15) is 51.0 Å². The lowest BCUT2D eigenvalue weighted by atomic mass is 9.86. The molecule has 1 fully saturated rings. The normalized spacial score (nSPS) is 19.9. The van der Waals surface area contributed by atoms with Gasteiger partial charge in [0.15, 0.2) is 6.61 Å². The van der Waals surface area contributed by atoms with Crippen LogP contribution in [0.4, 0.5) is 0 Å². The summed E-state index contributed by atoms with van der Waals surface area (Å²) in [5, 5.41) is 2.98. The molecule has 1 saturated carbocycles. The molecule has 0 aromatic heterocycles. The van der Waals surface area contributed by atoms with Crippen LogP contribution < -0.4 is 10.1 Å². The lowest BCUT2D eigenvalue weighted by molar-refractivity contribution is -0.149. The number of ether oxygens (including phenoxy) is 2. The van der Waals surface area contributed by atoms with E-state index >= 15 is 0 Å². The summed E-state index contributed by atoms with van der Waals surface area (Å²) in [6, 6.07) is 7.99. The third-order valence-electron chi connectivity index (χ3n) is 4.64. The number of aryl methyl sites for hydroxylation is 1. The molecule has 2 rings (SSSR count). The van der Waals surface area contributed by atoms with Crippen molar-refractivity contribution in [3.05, 3.63) is 29.8 Å². The third-order valence-corrected chi connectivity index (χ3v) is 4.64. The first-order valence-electron chi connectivity index (χ1n) is 9.19. The smallest absolute Gasteiger partial charge is 0.306 e. The largest absolute Gasteiger partial charge is 0.494 e. The number of rotatable bonds is 8. The molecule has 1 aliphatic rings. The van der Waals surface area contributed by atoms with Gasteiger partial charge in [-0.1, -0.05) is 37.5 Å². The predicted octanol–water partition coefficient (Wildman–Crippen LogP) is 3.39. The van der Waals surface area contributed by atoms with Gasteiger partial charge in [-0.25, -0.2) is 0 Å². The van der Waals surface area contributed by atoms with Crippen molar-refractivity contribution in [1.82, 2.24) is 5.32 Å². The summed E-state index contributed by atoms with van der Waals surface area (Å²) in [5.74, 6) is 0.717. The van der Waals surface area contributed by atoms with Gasteiger partial charge in [0, 0.05) is 12.5 Å². The van der Waals surface area contributed by atoms with Crippen LogP contribution in [0, 0.1) is 12.8 Å². The van der Waals surface area contributed by atoms with Crippen LogP contribution in [0.25, 0.3) is 0 Å². The van der Waals surface area contributed by atoms with E-state index in [0.29, 0.717) is 18.9 Å². The second kappa shape index (κ2) is 10.1. The quantitative estimate of drug-likeness (QED) is 0.578. The SMILES string of the molecule is Cc1ccc(OCCCC(=O)OCC(=O)N[C@H]2CCCC[C@H]2C)cc1. The maximum absolute atomic E-state index is 11.9. The number of esters is 1. The second-order valence-corrected chi connectivity index (χ2v) is 6.86. The Labute approximate surface area is 150 Å². The summed E-state index contributed by atoms with van der Waals surface area (Å²) in [7, 11) is 0. The van der Waals surface area contributed by atoms with E-state index in [-0.39, 0.29) is 30.9 Å². The monoisotopic (exact) mass is 347 g/mol. The molecule has 5 heteroatoms. The number of nitrogens with one attached hydrogen (secondary N) is 1. The van der Waals surface area contributed by atoms with Crippen LogP contribution >= 0.6 is 0 Å².